The van der Waals surface area contributed by atoms with Crippen molar-refractivity contribution >= 4 is 18.0 Å². The van der Waals surface area contributed by atoms with Gasteiger partial charge in [0.25, 0.3) is 0 Å². The second-order valence-electron chi connectivity index (χ2n) is 11.9. The van der Waals surface area contributed by atoms with Crippen molar-refractivity contribution < 1.29 is 24.2 Å². The van der Waals surface area contributed by atoms with Crippen molar-refractivity contribution in [3.63, 3.8) is 0 Å². The maximum atomic E-state index is 14.2. The number of nitrogens with zero attached hydrogens (tertiary/aromatic N) is 2. The number of carbonyl (C=O) groups excluding carboxylic acids is 2. The van der Waals surface area contributed by atoms with E-state index in [9.17, 15) is 19.5 Å². The number of carboxylic acid groups (broad SMARTS) is 1. The summed E-state index contributed by atoms with van der Waals surface area (Å²) in [5.41, 5.74) is 4.55. The van der Waals surface area contributed by atoms with Gasteiger partial charge in [0.15, 0.2) is 0 Å². The summed E-state index contributed by atoms with van der Waals surface area (Å²) in [4.78, 5) is 43.2. The zero-order valence-corrected chi connectivity index (χ0v) is 23.9. The van der Waals surface area contributed by atoms with Gasteiger partial charge in [0.1, 0.15) is 12.1 Å². The Balaban J connectivity index is 1.19. The molecule has 3 aliphatic rings. The lowest BCUT2D eigenvalue weighted by molar-refractivity contribution is -0.149. The number of ether oxygens (including phenoxy) is 1. The number of carbonyl (C=O) groups is 3. The molecule has 6 rings (SSSR count). The summed E-state index contributed by atoms with van der Waals surface area (Å²) in [6.07, 6.45) is 0.643. The van der Waals surface area contributed by atoms with Crippen molar-refractivity contribution in [3.8, 4) is 11.1 Å². The van der Waals surface area contributed by atoms with Crippen LogP contribution >= 0.6 is 0 Å². The molecule has 2 N–H and O–H groups in total. The maximum Gasteiger partial charge on any atom is 0.408 e. The van der Waals surface area contributed by atoms with Gasteiger partial charge in [0, 0.05) is 38.1 Å². The number of fused-ring (bicyclic) bond motifs is 3. The van der Waals surface area contributed by atoms with Crippen LogP contribution in [0.5, 0.6) is 0 Å². The Morgan fingerprint density at radius 3 is 2.21 bits per heavy atom. The van der Waals surface area contributed by atoms with E-state index in [2.05, 4.69) is 46.6 Å². The van der Waals surface area contributed by atoms with Gasteiger partial charge in [0.05, 0.1) is 5.92 Å². The molecule has 2 fully saturated rings. The average molecular weight is 568 g/mol. The number of nitrogens with one attached hydrogen (secondary N) is 1. The largest absolute Gasteiger partial charge is 0.481 e. The van der Waals surface area contributed by atoms with Crippen molar-refractivity contribution in [1.29, 1.82) is 0 Å². The fourth-order valence-electron chi connectivity index (χ4n) is 7.00. The number of hydrogen-bond acceptors (Lipinski definition) is 5. The van der Waals surface area contributed by atoms with Crippen LogP contribution in [0.2, 0.25) is 0 Å². The summed E-state index contributed by atoms with van der Waals surface area (Å²) in [7, 11) is 0. The van der Waals surface area contributed by atoms with E-state index in [-0.39, 0.29) is 24.5 Å². The third kappa shape index (κ3) is 5.39. The van der Waals surface area contributed by atoms with Gasteiger partial charge in [-0.05, 0) is 54.0 Å². The summed E-state index contributed by atoms with van der Waals surface area (Å²) in [6, 6.07) is 26.2. The first-order valence-electron chi connectivity index (χ1n) is 14.8. The normalized spacial score (nSPS) is 23.7. The van der Waals surface area contributed by atoms with Crippen molar-refractivity contribution in [3.05, 3.63) is 95.6 Å². The van der Waals surface area contributed by atoms with Gasteiger partial charge in [-0.25, -0.2) is 4.79 Å². The molecule has 42 heavy (non-hydrogen) atoms. The van der Waals surface area contributed by atoms with Gasteiger partial charge in [-0.15, -0.1) is 0 Å². The lowest BCUT2D eigenvalue weighted by Gasteiger charge is -2.41. The minimum Gasteiger partial charge on any atom is -0.481 e. The SMILES string of the molecule is C[C@H]1C[C@@H](C(=O)O)CCN1C(=O)C1(NC(=O)OCC2c3ccccc3-c3ccccc32)CCN(Cc2ccccc2)C1. The molecule has 8 heteroatoms. The number of alkyl carbamates (subject to hydrolysis) is 1. The second-order valence-corrected chi connectivity index (χ2v) is 11.9. The van der Waals surface area contributed by atoms with Crippen LogP contribution in [-0.2, 0) is 20.9 Å². The minimum atomic E-state index is -1.15. The molecule has 3 aromatic rings. The maximum absolute atomic E-state index is 14.2. The van der Waals surface area contributed by atoms with E-state index in [1.165, 1.54) is 0 Å². The fraction of sp³-hybridized carbons (Fsp3) is 0.382. The predicted octanol–water partition coefficient (Wildman–Crippen LogP) is 4.88. The lowest BCUT2D eigenvalue weighted by Crippen LogP contribution is -2.63. The molecular weight excluding hydrogens is 530 g/mol. The van der Waals surface area contributed by atoms with Gasteiger partial charge in [-0.1, -0.05) is 78.9 Å². The molecule has 2 amide bonds. The number of rotatable bonds is 7. The molecule has 1 aliphatic carbocycles. The summed E-state index contributed by atoms with van der Waals surface area (Å²) < 4.78 is 5.88. The molecule has 1 unspecified atom stereocenters. The third-order valence-electron chi connectivity index (χ3n) is 9.18. The van der Waals surface area contributed by atoms with Crippen LogP contribution in [0.3, 0.4) is 0 Å². The molecule has 3 atom stereocenters. The predicted molar refractivity (Wildman–Crippen MR) is 159 cm³/mol. The van der Waals surface area contributed by atoms with E-state index < -0.39 is 23.5 Å². The lowest BCUT2D eigenvalue weighted by atomic mass is 9.88. The molecule has 0 aromatic heterocycles. The zero-order valence-electron chi connectivity index (χ0n) is 23.9. The van der Waals surface area contributed by atoms with E-state index in [1.54, 1.807) is 4.90 Å². The van der Waals surface area contributed by atoms with Crippen LogP contribution in [-0.4, -0.2) is 70.7 Å². The van der Waals surface area contributed by atoms with Crippen molar-refractivity contribution in [2.45, 2.75) is 50.2 Å². The zero-order chi connectivity index (χ0) is 29.3. The number of likely N-dealkylation sites (tertiary alicyclic amines) is 2. The van der Waals surface area contributed by atoms with E-state index >= 15 is 0 Å². The molecule has 2 saturated heterocycles. The molecule has 0 saturated carbocycles. The Morgan fingerprint density at radius 2 is 1.57 bits per heavy atom. The summed E-state index contributed by atoms with van der Waals surface area (Å²) in [6.45, 7) is 4.08. The first kappa shape index (κ1) is 28.0. The molecule has 8 nitrogen and oxygen atoms in total. The summed E-state index contributed by atoms with van der Waals surface area (Å²) >= 11 is 0. The quantitative estimate of drug-likeness (QED) is 0.422. The minimum absolute atomic E-state index is 0.0805. The van der Waals surface area contributed by atoms with Gasteiger partial charge in [0.2, 0.25) is 5.91 Å². The summed E-state index contributed by atoms with van der Waals surface area (Å²) in [5, 5.41) is 12.5. The number of benzene rings is 3. The number of aliphatic carboxylic acids is 1. The van der Waals surface area contributed by atoms with E-state index in [1.807, 2.05) is 49.4 Å². The molecule has 2 aliphatic heterocycles. The smallest absolute Gasteiger partial charge is 0.408 e. The molecule has 0 spiro atoms. The Kier molecular flexibility index (Phi) is 7.73. The van der Waals surface area contributed by atoms with Crippen molar-refractivity contribution in [2.75, 3.05) is 26.2 Å². The van der Waals surface area contributed by atoms with E-state index in [4.69, 9.17) is 4.74 Å². The van der Waals surface area contributed by atoms with Gasteiger partial charge < -0.3 is 20.1 Å². The highest BCUT2D eigenvalue weighted by Gasteiger charge is 2.50. The molecule has 218 valence electrons. The molecular formula is C34H37N3O5. The first-order chi connectivity index (χ1) is 20.3. The number of carboxylic acids is 1. The van der Waals surface area contributed by atoms with E-state index in [0.29, 0.717) is 45.4 Å². The van der Waals surface area contributed by atoms with Crippen LogP contribution < -0.4 is 5.32 Å². The highest BCUT2D eigenvalue weighted by molar-refractivity contribution is 5.91. The van der Waals surface area contributed by atoms with Crippen LogP contribution in [0, 0.1) is 5.92 Å². The Morgan fingerprint density at radius 1 is 0.929 bits per heavy atom. The molecule has 2 heterocycles. The molecule has 0 radical (unpaired) electrons. The fourth-order valence-corrected chi connectivity index (χ4v) is 7.00. The topological polar surface area (TPSA) is 99.2 Å². The van der Waals surface area contributed by atoms with Crippen molar-refractivity contribution in [1.82, 2.24) is 15.1 Å². The van der Waals surface area contributed by atoms with Gasteiger partial charge in [-0.3, -0.25) is 14.5 Å². The highest BCUT2D eigenvalue weighted by Crippen LogP contribution is 2.44. The second kappa shape index (κ2) is 11.6. The Bertz CT molecular complexity index is 1430. The number of piperidine rings is 1. The Hall–Kier alpha value is -4.17. The average Bonchev–Trinajstić information content (AvgIpc) is 3.55. The van der Waals surface area contributed by atoms with Gasteiger partial charge >= 0.3 is 12.1 Å². The van der Waals surface area contributed by atoms with Crippen LogP contribution in [0.25, 0.3) is 11.1 Å². The van der Waals surface area contributed by atoms with Gasteiger partial charge in [-0.2, -0.15) is 0 Å². The monoisotopic (exact) mass is 567 g/mol. The van der Waals surface area contributed by atoms with Crippen LogP contribution in [0.1, 0.15) is 48.8 Å². The van der Waals surface area contributed by atoms with E-state index in [0.717, 1.165) is 27.8 Å². The van der Waals surface area contributed by atoms with Crippen molar-refractivity contribution in [2.24, 2.45) is 5.92 Å². The number of hydrogen-bond donors (Lipinski definition) is 2. The molecule has 0 bridgehead atoms. The molecule has 3 aromatic carbocycles. The van der Waals surface area contributed by atoms with Crippen LogP contribution in [0.4, 0.5) is 4.79 Å². The van der Waals surface area contributed by atoms with Crippen LogP contribution in [0.15, 0.2) is 78.9 Å². The first-order valence-corrected chi connectivity index (χ1v) is 14.8. The standard InChI is InChI=1S/C34H37N3O5/c1-23-19-25(31(38)39)15-17-37(23)32(40)34(16-18-36(22-34)20-24-9-3-2-4-10-24)35-33(41)42-21-30-28-13-7-5-11-26(28)27-12-6-8-14-29(27)30/h2-14,23,25,30H,15-22H2,1H3,(H,35,41)(H,38,39)/t23-,25-,34?/m0/s1. The number of amides is 2. The Labute approximate surface area is 246 Å². The summed E-state index contributed by atoms with van der Waals surface area (Å²) in [5.74, 6) is -1.53. The highest BCUT2D eigenvalue weighted by atomic mass is 16.5. The third-order valence-corrected chi connectivity index (χ3v) is 9.18.